The molecule has 1 N–H and O–H groups in total. The zero-order valence-electron chi connectivity index (χ0n) is 11.4. The normalized spacial score (nSPS) is 12.2. The molecule has 1 aromatic carbocycles. The first-order valence-electron chi connectivity index (χ1n) is 6.34. The van der Waals surface area contributed by atoms with Crippen LogP contribution < -0.4 is 5.32 Å². The van der Waals surface area contributed by atoms with Gasteiger partial charge in [-0.3, -0.25) is 0 Å². The van der Waals surface area contributed by atoms with E-state index in [-0.39, 0.29) is 6.04 Å². The number of para-hydroxylation sites is 1. The summed E-state index contributed by atoms with van der Waals surface area (Å²) in [5, 5.41) is 4.04. The molecule has 3 heteroatoms. The van der Waals surface area contributed by atoms with Gasteiger partial charge < -0.3 is 10.1 Å². The zero-order valence-corrected chi connectivity index (χ0v) is 12.2. The second kappa shape index (κ2) is 7.45. The molecule has 18 heavy (non-hydrogen) atoms. The molecule has 0 bridgehead atoms. The maximum Gasteiger partial charge on any atom is 0.0848 e. The van der Waals surface area contributed by atoms with Gasteiger partial charge in [-0.2, -0.15) is 0 Å². The van der Waals surface area contributed by atoms with Crippen LogP contribution in [0.25, 0.3) is 0 Å². The van der Waals surface area contributed by atoms with Gasteiger partial charge >= 0.3 is 0 Å². The average Bonchev–Trinajstić information content (AvgIpc) is 2.38. The Morgan fingerprint density at radius 2 is 1.89 bits per heavy atom. The minimum atomic E-state index is -0.0605. The Kier molecular flexibility index (Phi) is 6.23. The van der Waals surface area contributed by atoms with Crippen molar-refractivity contribution >= 4 is 17.3 Å². The molecule has 0 saturated heterocycles. The van der Waals surface area contributed by atoms with E-state index in [1.54, 1.807) is 7.11 Å². The van der Waals surface area contributed by atoms with E-state index in [4.69, 9.17) is 16.3 Å². The molecule has 0 radical (unpaired) electrons. The van der Waals surface area contributed by atoms with Gasteiger partial charge in [0.15, 0.2) is 0 Å². The highest BCUT2D eigenvalue weighted by Gasteiger charge is 2.14. The lowest BCUT2D eigenvalue weighted by Crippen LogP contribution is -2.26. The van der Waals surface area contributed by atoms with Crippen LogP contribution in [0.5, 0.6) is 0 Å². The third-order valence-electron chi connectivity index (χ3n) is 3.03. The average molecular weight is 268 g/mol. The number of benzene rings is 1. The highest BCUT2D eigenvalue weighted by Crippen LogP contribution is 2.25. The molecule has 1 rings (SSSR count). The fraction of sp³-hybridized carbons (Fsp3) is 0.467. The molecule has 1 atom stereocenters. The lowest BCUT2D eigenvalue weighted by atomic mass is 10.0. The van der Waals surface area contributed by atoms with E-state index in [0.717, 1.165) is 12.8 Å². The van der Waals surface area contributed by atoms with Crippen LogP contribution in [0.1, 0.15) is 25.0 Å². The highest BCUT2D eigenvalue weighted by atomic mass is 35.5. The van der Waals surface area contributed by atoms with Gasteiger partial charge in [-0.1, -0.05) is 50.2 Å². The predicted molar refractivity (Wildman–Crippen MR) is 79.5 cm³/mol. The van der Waals surface area contributed by atoms with Gasteiger partial charge in [0.1, 0.15) is 0 Å². The van der Waals surface area contributed by atoms with Crippen LogP contribution in [0.4, 0.5) is 5.69 Å². The van der Waals surface area contributed by atoms with E-state index in [1.165, 1.54) is 16.8 Å². The first-order chi connectivity index (χ1) is 8.63. The molecular weight excluding hydrogens is 246 g/mol. The number of rotatable bonds is 7. The van der Waals surface area contributed by atoms with E-state index in [9.17, 15) is 0 Å². The quantitative estimate of drug-likeness (QED) is 0.807. The van der Waals surface area contributed by atoms with E-state index >= 15 is 0 Å². The predicted octanol–water partition coefficient (Wildman–Crippen LogP) is 3.99. The summed E-state index contributed by atoms with van der Waals surface area (Å²) in [5.74, 6) is 0. The second-order valence-electron chi connectivity index (χ2n) is 4.26. The van der Waals surface area contributed by atoms with Gasteiger partial charge in [-0.05, 0) is 24.0 Å². The molecule has 1 aromatic rings. The van der Waals surface area contributed by atoms with Crippen molar-refractivity contribution in [2.45, 2.75) is 32.7 Å². The van der Waals surface area contributed by atoms with E-state index in [1.807, 2.05) is 0 Å². The van der Waals surface area contributed by atoms with E-state index in [0.29, 0.717) is 11.6 Å². The van der Waals surface area contributed by atoms with Gasteiger partial charge in [0.2, 0.25) is 0 Å². The lowest BCUT2D eigenvalue weighted by molar-refractivity contribution is 0.195. The number of halogens is 1. The topological polar surface area (TPSA) is 21.3 Å². The van der Waals surface area contributed by atoms with Crippen molar-refractivity contribution in [2.75, 3.05) is 19.0 Å². The molecule has 0 aliphatic rings. The molecule has 0 aliphatic carbocycles. The number of ether oxygens (including phenoxy) is 1. The van der Waals surface area contributed by atoms with E-state index < -0.39 is 0 Å². The Bertz CT molecular complexity index is 381. The van der Waals surface area contributed by atoms with Gasteiger partial charge in [0, 0.05) is 17.8 Å². The van der Waals surface area contributed by atoms with Gasteiger partial charge in [0.05, 0.1) is 12.6 Å². The monoisotopic (exact) mass is 267 g/mol. The van der Waals surface area contributed by atoms with Gasteiger partial charge in [-0.25, -0.2) is 0 Å². The van der Waals surface area contributed by atoms with Crippen molar-refractivity contribution < 1.29 is 4.74 Å². The summed E-state index contributed by atoms with van der Waals surface area (Å²) in [6.07, 6.45) is 1.98. The summed E-state index contributed by atoms with van der Waals surface area (Å²) >= 11 is 6.03. The Labute approximate surface area is 115 Å². The molecule has 2 nitrogen and oxygen atoms in total. The molecule has 0 heterocycles. The Morgan fingerprint density at radius 3 is 2.28 bits per heavy atom. The van der Waals surface area contributed by atoms with Gasteiger partial charge in [-0.15, -0.1) is 0 Å². The Morgan fingerprint density at radius 1 is 1.33 bits per heavy atom. The fourth-order valence-electron chi connectivity index (χ4n) is 1.98. The maximum atomic E-state index is 6.03. The van der Waals surface area contributed by atoms with Crippen molar-refractivity contribution in [3.05, 3.63) is 40.9 Å². The molecule has 0 saturated carbocycles. The van der Waals surface area contributed by atoms with Crippen LogP contribution in [-0.4, -0.2) is 19.8 Å². The van der Waals surface area contributed by atoms with Crippen molar-refractivity contribution in [1.82, 2.24) is 0 Å². The summed E-state index contributed by atoms with van der Waals surface area (Å²) in [7, 11) is 1.67. The Balaban J connectivity index is 3.03. The third-order valence-corrected chi connectivity index (χ3v) is 3.29. The lowest BCUT2D eigenvalue weighted by Gasteiger charge is -2.22. The molecule has 0 spiro atoms. The second-order valence-corrected chi connectivity index (χ2v) is 4.74. The SMILES string of the molecule is C=C(Cl)C(COC)Nc1c(CC)cccc1CC. The van der Waals surface area contributed by atoms with Crippen LogP contribution in [0.2, 0.25) is 0 Å². The van der Waals surface area contributed by atoms with Crippen molar-refractivity contribution in [1.29, 1.82) is 0 Å². The summed E-state index contributed by atoms with van der Waals surface area (Å²) in [6, 6.07) is 6.32. The highest BCUT2D eigenvalue weighted by molar-refractivity contribution is 6.30. The minimum Gasteiger partial charge on any atom is -0.382 e. The zero-order chi connectivity index (χ0) is 13.5. The summed E-state index contributed by atoms with van der Waals surface area (Å²) in [5.41, 5.74) is 3.77. The Hall–Kier alpha value is -0.990. The standard InChI is InChI=1S/C15H22ClNO/c1-5-12-8-7-9-13(6-2)15(12)17-14(10-18-4)11(3)16/h7-9,14,17H,3,5-6,10H2,1-2,4H3. The summed E-state index contributed by atoms with van der Waals surface area (Å²) in [4.78, 5) is 0. The number of nitrogens with one attached hydrogen (secondary N) is 1. The first kappa shape index (κ1) is 15.1. The molecule has 0 aliphatic heterocycles. The fourth-order valence-corrected chi connectivity index (χ4v) is 2.10. The van der Waals surface area contributed by atoms with Crippen LogP contribution in [0.3, 0.4) is 0 Å². The summed E-state index contributed by atoms with van der Waals surface area (Å²) in [6.45, 7) is 8.63. The molecule has 1 unspecified atom stereocenters. The number of hydrogen-bond donors (Lipinski definition) is 1. The molecular formula is C15H22ClNO. The summed E-state index contributed by atoms with van der Waals surface area (Å²) < 4.78 is 5.18. The third kappa shape index (κ3) is 3.76. The smallest absolute Gasteiger partial charge is 0.0848 e. The van der Waals surface area contributed by atoms with Crippen molar-refractivity contribution in [3.8, 4) is 0 Å². The minimum absolute atomic E-state index is 0.0605. The van der Waals surface area contributed by atoms with Crippen LogP contribution in [0, 0.1) is 0 Å². The van der Waals surface area contributed by atoms with Crippen LogP contribution in [-0.2, 0) is 17.6 Å². The van der Waals surface area contributed by atoms with E-state index in [2.05, 4.69) is 43.9 Å². The van der Waals surface area contributed by atoms with Crippen molar-refractivity contribution in [3.63, 3.8) is 0 Å². The molecule has 0 aromatic heterocycles. The molecule has 100 valence electrons. The molecule has 0 amide bonds. The van der Waals surface area contributed by atoms with Crippen LogP contribution in [0.15, 0.2) is 29.8 Å². The number of aryl methyl sites for hydroxylation is 2. The maximum absolute atomic E-state index is 6.03. The molecule has 0 fully saturated rings. The largest absolute Gasteiger partial charge is 0.382 e. The van der Waals surface area contributed by atoms with Crippen LogP contribution >= 0.6 is 11.6 Å². The number of anilines is 1. The van der Waals surface area contributed by atoms with Crippen molar-refractivity contribution in [2.24, 2.45) is 0 Å². The number of methoxy groups -OCH3 is 1. The van der Waals surface area contributed by atoms with Gasteiger partial charge in [0.25, 0.3) is 0 Å². The number of hydrogen-bond acceptors (Lipinski definition) is 2. The first-order valence-corrected chi connectivity index (χ1v) is 6.72.